The lowest BCUT2D eigenvalue weighted by atomic mass is 10.0. The molecule has 150 valence electrons. The molecular weight excluding hydrogens is 358 g/mol. The van der Waals surface area contributed by atoms with Crippen molar-refractivity contribution >= 4 is 11.8 Å². The second kappa shape index (κ2) is 10.6. The number of carbonyl (C=O) groups is 2. The summed E-state index contributed by atoms with van der Waals surface area (Å²) >= 11 is 0. The number of amides is 2. The molecule has 1 aliphatic rings. The Morgan fingerprint density at radius 2 is 1.82 bits per heavy atom. The maximum atomic E-state index is 12.2. The van der Waals surface area contributed by atoms with Crippen molar-refractivity contribution in [3.8, 4) is 0 Å². The zero-order chi connectivity index (χ0) is 19.6. The van der Waals surface area contributed by atoms with Crippen LogP contribution >= 0.6 is 0 Å². The fourth-order valence-corrected chi connectivity index (χ4v) is 3.27. The van der Waals surface area contributed by atoms with Crippen molar-refractivity contribution < 1.29 is 18.7 Å². The maximum Gasteiger partial charge on any atom is 0.286 e. The Morgan fingerprint density at radius 1 is 1.04 bits per heavy atom. The quantitative estimate of drug-likeness (QED) is 0.645. The molecular formula is C21H27N3O4. The van der Waals surface area contributed by atoms with Gasteiger partial charge in [-0.25, -0.2) is 0 Å². The molecule has 28 heavy (non-hydrogen) atoms. The van der Waals surface area contributed by atoms with E-state index in [1.54, 1.807) is 12.1 Å². The number of carbonyl (C=O) groups excluding carboxylic acids is 2. The Bertz CT molecular complexity index is 727. The molecule has 0 aliphatic carbocycles. The average Bonchev–Trinajstić information content (AvgIpc) is 3.28. The minimum Gasteiger partial charge on any atom is -0.459 e. The molecule has 7 nitrogen and oxygen atoms in total. The Morgan fingerprint density at radius 3 is 2.54 bits per heavy atom. The molecule has 1 unspecified atom stereocenters. The molecule has 3 rings (SSSR count). The van der Waals surface area contributed by atoms with Crippen LogP contribution in [-0.4, -0.2) is 56.1 Å². The predicted octanol–water partition coefficient (Wildman–Crippen LogP) is 1.98. The molecule has 0 saturated carbocycles. The summed E-state index contributed by atoms with van der Waals surface area (Å²) in [5.41, 5.74) is 1.19. The van der Waals surface area contributed by atoms with E-state index in [0.29, 0.717) is 39.1 Å². The second-order valence-corrected chi connectivity index (χ2v) is 6.72. The third kappa shape index (κ3) is 5.94. The third-order valence-electron chi connectivity index (χ3n) is 4.77. The lowest BCUT2D eigenvalue weighted by Gasteiger charge is -2.35. The fourth-order valence-electron chi connectivity index (χ4n) is 3.27. The number of furan rings is 1. The van der Waals surface area contributed by atoms with Gasteiger partial charge in [0, 0.05) is 32.6 Å². The third-order valence-corrected chi connectivity index (χ3v) is 4.77. The first-order valence-corrected chi connectivity index (χ1v) is 9.69. The van der Waals surface area contributed by atoms with E-state index in [1.807, 2.05) is 18.2 Å². The molecule has 2 amide bonds. The van der Waals surface area contributed by atoms with Crippen molar-refractivity contribution in [2.24, 2.45) is 0 Å². The highest BCUT2D eigenvalue weighted by molar-refractivity contribution is 5.91. The van der Waals surface area contributed by atoms with Crippen molar-refractivity contribution in [2.45, 2.75) is 18.9 Å². The predicted molar refractivity (Wildman–Crippen MR) is 105 cm³/mol. The van der Waals surface area contributed by atoms with Crippen LogP contribution in [0.25, 0.3) is 0 Å². The number of nitrogens with one attached hydrogen (secondary N) is 2. The topological polar surface area (TPSA) is 83.8 Å². The molecule has 2 N–H and O–H groups in total. The monoisotopic (exact) mass is 385 g/mol. The number of morpholine rings is 1. The normalized spacial score (nSPS) is 15.7. The summed E-state index contributed by atoms with van der Waals surface area (Å²) in [6, 6.07) is 13.6. The van der Waals surface area contributed by atoms with E-state index in [9.17, 15) is 9.59 Å². The summed E-state index contributed by atoms with van der Waals surface area (Å²) in [4.78, 5) is 26.4. The van der Waals surface area contributed by atoms with Gasteiger partial charge in [-0.15, -0.1) is 0 Å². The van der Waals surface area contributed by atoms with E-state index in [4.69, 9.17) is 9.15 Å². The van der Waals surface area contributed by atoms with Crippen LogP contribution in [0.15, 0.2) is 53.1 Å². The van der Waals surface area contributed by atoms with Gasteiger partial charge in [0.2, 0.25) is 5.91 Å². The van der Waals surface area contributed by atoms with Crippen LogP contribution in [0, 0.1) is 0 Å². The minimum absolute atomic E-state index is 0.0126. The van der Waals surface area contributed by atoms with Gasteiger partial charge < -0.3 is 19.8 Å². The fraction of sp³-hybridized carbons (Fsp3) is 0.429. The summed E-state index contributed by atoms with van der Waals surface area (Å²) in [7, 11) is 0. The first-order chi connectivity index (χ1) is 13.7. The molecule has 1 saturated heterocycles. The highest BCUT2D eigenvalue weighted by Gasteiger charge is 2.23. The van der Waals surface area contributed by atoms with Crippen molar-refractivity contribution in [2.75, 3.05) is 39.4 Å². The Labute approximate surface area is 165 Å². The summed E-state index contributed by atoms with van der Waals surface area (Å²) < 4.78 is 10.5. The Balaban J connectivity index is 1.42. The van der Waals surface area contributed by atoms with Gasteiger partial charge in [0.05, 0.1) is 25.5 Å². The molecule has 0 spiro atoms. The van der Waals surface area contributed by atoms with E-state index >= 15 is 0 Å². The minimum atomic E-state index is -0.262. The maximum absolute atomic E-state index is 12.2. The van der Waals surface area contributed by atoms with E-state index < -0.39 is 0 Å². The van der Waals surface area contributed by atoms with Crippen LogP contribution in [0.1, 0.15) is 35.0 Å². The summed E-state index contributed by atoms with van der Waals surface area (Å²) in [6.45, 7) is 4.13. The molecule has 1 aliphatic heterocycles. The van der Waals surface area contributed by atoms with Crippen molar-refractivity contribution in [3.05, 3.63) is 60.1 Å². The lowest BCUT2D eigenvalue weighted by molar-refractivity contribution is -0.121. The standard InChI is InChI=1S/C21H27N3O4/c25-20(9-4-10-22-21(26)19-8-5-13-28-19)23-16-18(17-6-2-1-3-7-17)24-11-14-27-15-12-24/h1-3,5-8,13,18H,4,9-12,14-16H2,(H,22,26)(H,23,25). The molecule has 2 heterocycles. The first kappa shape index (κ1) is 20.1. The number of hydrogen-bond donors (Lipinski definition) is 2. The lowest BCUT2D eigenvalue weighted by Crippen LogP contribution is -2.43. The zero-order valence-electron chi connectivity index (χ0n) is 15.9. The molecule has 0 radical (unpaired) electrons. The molecule has 1 fully saturated rings. The van der Waals surface area contributed by atoms with Crippen LogP contribution in [-0.2, 0) is 9.53 Å². The average molecular weight is 385 g/mol. The van der Waals surface area contributed by atoms with E-state index in [1.165, 1.54) is 11.8 Å². The molecule has 7 heteroatoms. The SMILES string of the molecule is O=C(CCCNC(=O)c1ccco1)NCC(c1ccccc1)N1CCOCC1. The molecule has 1 aromatic heterocycles. The zero-order valence-corrected chi connectivity index (χ0v) is 15.9. The van der Waals surface area contributed by atoms with Gasteiger partial charge in [0.25, 0.3) is 5.91 Å². The van der Waals surface area contributed by atoms with Crippen molar-refractivity contribution in [1.82, 2.24) is 15.5 Å². The second-order valence-electron chi connectivity index (χ2n) is 6.72. The highest BCUT2D eigenvalue weighted by Crippen LogP contribution is 2.21. The van der Waals surface area contributed by atoms with Crippen LogP contribution in [0.5, 0.6) is 0 Å². The number of rotatable bonds is 9. The van der Waals surface area contributed by atoms with E-state index in [-0.39, 0.29) is 23.6 Å². The van der Waals surface area contributed by atoms with Gasteiger partial charge in [-0.05, 0) is 24.1 Å². The molecule has 1 atom stereocenters. The van der Waals surface area contributed by atoms with Crippen molar-refractivity contribution in [3.63, 3.8) is 0 Å². The van der Waals surface area contributed by atoms with Crippen LogP contribution in [0.2, 0.25) is 0 Å². The smallest absolute Gasteiger partial charge is 0.286 e. The number of benzene rings is 1. The number of nitrogens with zero attached hydrogens (tertiary/aromatic N) is 1. The molecule has 1 aromatic carbocycles. The van der Waals surface area contributed by atoms with E-state index in [2.05, 4.69) is 27.7 Å². The summed E-state index contributed by atoms with van der Waals surface area (Å²) in [5, 5.41) is 5.79. The Hall–Kier alpha value is -2.64. The number of ether oxygens (including phenoxy) is 1. The number of hydrogen-bond acceptors (Lipinski definition) is 5. The molecule has 0 bridgehead atoms. The summed E-state index contributed by atoms with van der Waals surface area (Å²) in [6.07, 6.45) is 2.40. The summed E-state index contributed by atoms with van der Waals surface area (Å²) in [5.74, 6) is 0.00368. The van der Waals surface area contributed by atoms with Crippen molar-refractivity contribution in [1.29, 1.82) is 0 Å². The van der Waals surface area contributed by atoms with Crippen LogP contribution in [0.3, 0.4) is 0 Å². The van der Waals surface area contributed by atoms with Gasteiger partial charge in [-0.3, -0.25) is 14.5 Å². The van der Waals surface area contributed by atoms with Gasteiger partial charge in [0.1, 0.15) is 0 Å². The van der Waals surface area contributed by atoms with E-state index in [0.717, 1.165) is 13.1 Å². The van der Waals surface area contributed by atoms with Gasteiger partial charge in [-0.2, -0.15) is 0 Å². The van der Waals surface area contributed by atoms with Crippen LogP contribution in [0.4, 0.5) is 0 Å². The first-order valence-electron chi connectivity index (χ1n) is 9.69. The van der Waals surface area contributed by atoms with Crippen LogP contribution < -0.4 is 10.6 Å². The van der Waals surface area contributed by atoms with Gasteiger partial charge in [0.15, 0.2) is 5.76 Å². The Kier molecular flexibility index (Phi) is 7.63. The van der Waals surface area contributed by atoms with Gasteiger partial charge in [-0.1, -0.05) is 30.3 Å². The largest absolute Gasteiger partial charge is 0.459 e. The molecule has 2 aromatic rings. The highest BCUT2D eigenvalue weighted by atomic mass is 16.5. The van der Waals surface area contributed by atoms with Gasteiger partial charge >= 0.3 is 0 Å².